The van der Waals surface area contributed by atoms with Crippen LogP contribution >= 0.6 is 11.8 Å². The van der Waals surface area contributed by atoms with Gasteiger partial charge in [0.05, 0.1) is 6.10 Å². The quantitative estimate of drug-likeness (QED) is 0.665. The van der Waals surface area contributed by atoms with Crippen LogP contribution in [0.3, 0.4) is 0 Å². The van der Waals surface area contributed by atoms with Crippen LogP contribution in [0.25, 0.3) is 0 Å². The summed E-state index contributed by atoms with van der Waals surface area (Å²) in [6.45, 7) is 5.45. The van der Waals surface area contributed by atoms with Crippen LogP contribution in [0.5, 0.6) is 0 Å². The first-order valence-corrected chi connectivity index (χ1v) is 6.59. The van der Waals surface area contributed by atoms with E-state index in [0.717, 1.165) is 32.0 Å². The van der Waals surface area contributed by atoms with E-state index < -0.39 is 0 Å². The largest absolute Gasteiger partial charge is 0.378 e. The fourth-order valence-electron chi connectivity index (χ4n) is 1.84. The summed E-state index contributed by atoms with van der Waals surface area (Å²) in [5.41, 5.74) is 0. The van der Waals surface area contributed by atoms with Crippen LogP contribution in [0.15, 0.2) is 0 Å². The predicted octanol–water partition coefficient (Wildman–Crippen LogP) is 1.75. The van der Waals surface area contributed by atoms with E-state index in [1.807, 2.05) is 11.8 Å². The molecule has 0 aromatic heterocycles. The maximum absolute atomic E-state index is 5.63. The fourth-order valence-corrected chi connectivity index (χ4v) is 2.19. The van der Waals surface area contributed by atoms with Gasteiger partial charge in [0.15, 0.2) is 0 Å². The minimum atomic E-state index is 0.516. The molecule has 1 heterocycles. The smallest absolute Gasteiger partial charge is 0.0613 e. The molecule has 3 heteroatoms. The monoisotopic (exact) mass is 203 g/mol. The molecule has 0 saturated carbocycles. The highest BCUT2D eigenvalue weighted by Gasteiger charge is 2.25. The van der Waals surface area contributed by atoms with Gasteiger partial charge < -0.3 is 10.1 Å². The third kappa shape index (κ3) is 3.88. The van der Waals surface area contributed by atoms with Gasteiger partial charge in [0, 0.05) is 25.4 Å². The van der Waals surface area contributed by atoms with Crippen molar-refractivity contribution in [3.63, 3.8) is 0 Å². The van der Waals surface area contributed by atoms with Crippen LogP contribution in [0.1, 0.15) is 19.8 Å². The zero-order valence-corrected chi connectivity index (χ0v) is 9.53. The van der Waals surface area contributed by atoms with Gasteiger partial charge in [-0.25, -0.2) is 0 Å². The molecule has 1 aliphatic heterocycles. The first kappa shape index (κ1) is 11.3. The van der Waals surface area contributed by atoms with Crippen LogP contribution in [0, 0.1) is 5.92 Å². The molecule has 13 heavy (non-hydrogen) atoms. The van der Waals surface area contributed by atoms with Crippen LogP contribution in [0.2, 0.25) is 0 Å². The van der Waals surface area contributed by atoms with Gasteiger partial charge in [-0.05, 0) is 25.0 Å². The van der Waals surface area contributed by atoms with E-state index in [1.165, 1.54) is 12.2 Å². The maximum atomic E-state index is 5.63. The Balaban J connectivity index is 2.06. The molecule has 0 aliphatic carbocycles. The van der Waals surface area contributed by atoms with Crippen LogP contribution in [0.4, 0.5) is 0 Å². The summed E-state index contributed by atoms with van der Waals surface area (Å²) in [4.78, 5) is 0. The number of ether oxygens (including phenoxy) is 1. The summed E-state index contributed by atoms with van der Waals surface area (Å²) in [5, 5.41) is 3.49. The lowest BCUT2D eigenvalue weighted by Gasteiger charge is -2.16. The van der Waals surface area contributed by atoms with E-state index in [4.69, 9.17) is 4.74 Å². The van der Waals surface area contributed by atoms with Gasteiger partial charge in [0.1, 0.15) is 0 Å². The average molecular weight is 203 g/mol. The summed E-state index contributed by atoms with van der Waals surface area (Å²) in [5.74, 6) is 1.97. The molecule has 0 radical (unpaired) electrons. The Labute approximate surface area is 85.8 Å². The Bertz CT molecular complexity index is 132. The Kier molecular flexibility index (Phi) is 5.83. The Morgan fingerprint density at radius 3 is 3.08 bits per heavy atom. The van der Waals surface area contributed by atoms with Gasteiger partial charge in [0.2, 0.25) is 0 Å². The third-order valence-electron chi connectivity index (χ3n) is 2.64. The van der Waals surface area contributed by atoms with E-state index >= 15 is 0 Å². The second-order valence-corrected chi connectivity index (χ2v) is 4.55. The molecule has 0 aromatic rings. The molecule has 0 aromatic carbocycles. The molecule has 0 spiro atoms. The zero-order valence-electron chi connectivity index (χ0n) is 8.71. The van der Waals surface area contributed by atoms with Crippen LogP contribution in [-0.2, 0) is 4.74 Å². The molecule has 2 nitrogen and oxygen atoms in total. The van der Waals surface area contributed by atoms with Gasteiger partial charge in [0.25, 0.3) is 0 Å². The zero-order chi connectivity index (χ0) is 9.52. The van der Waals surface area contributed by atoms with Crippen molar-refractivity contribution in [2.24, 2.45) is 5.92 Å². The third-order valence-corrected chi connectivity index (χ3v) is 3.25. The number of rotatable bonds is 6. The summed E-state index contributed by atoms with van der Waals surface area (Å²) >= 11 is 1.90. The molecule has 1 fully saturated rings. The lowest BCUT2D eigenvalue weighted by Crippen LogP contribution is -2.29. The minimum absolute atomic E-state index is 0.516. The maximum Gasteiger partial charge on any atom is 0.0613 e. The molecule has 1 N–H and O–H groups in total. The van der Waals surface area contributed by atoms with Crippen molar-refractivity contribution in [1.82, 2.24) is 5.32 Å². The van der Waals surface area contributed by atoms with Crippen molar-refractivity contribution in [2.75, 3.05) is 31.7 Å². The second-order valence-electron chi connectivity index (χ2n) is 3.56. The molecule has 1 saturated heterocycles. The van der Waals surface area contributed by atoms with Crippen molar-refractivity contribution in [3.05, 3.63) is 0 Å². The molecule has 2 atom stereocenters. The predicted molar refractivity (Wildman–Crippen MR) is 59.4 cm³/mol. The molecule has 1 aliphatic rings. The number of hydrogen-bond donors (Lipinski definition) is 1. The molecule has 2 unspecified atom stereocenters. The van der Waals surface area contributed by atoms with E-state index in [0.29, 0.717) is 6.10 Å². The van der Waals surface area contributed by atoms with E-state index in [2.05, 4.69) is 18.5 Å². The standard InChI is InChI=1S/C10H21NOS/c1-3-10-9(4-6-12-10)8-11-5-7-13-2/h9-11H,3-8H2,1-2H3. The van der Waals surface area contributed by atoms with Crippen molar-refractivity contribution < 1.29 is 4.74 Å². The minimum Gasteiger partial charge on any atom is -0.378 e. The lowest BCUT2D eigenvalue weighted by molar-refractivity contribution is 0.0874. The fraction of sp³-hybridized carbons (Fsp3) is 1.00. The average Bonchev–Trinajstić information content (AvgIpc) is 2.60. The molecular weight excluding hydrogens is 182 g/mol. The van der Waals surface area contributed by atoms with Crippen LogP contribution in [-0.4, -0.2) is 37.8 Å². The highest BCUT2D eigenvalue weighted by atomic mass is 32.2. The summed E-state index contributed by atoms with van der Waals surface area (Å²) in [6.07, 6.45) is 5.07. The molecular formula is C10H21NOS. The Morgan fingerprint density at radius 2 is 2.38 bits per heavy atom. The van der Waals surface area contributed by atoms with Gasteiger partial charge in [-0.1, -0.05) is 6.92 Å². The van der Waals surface area contributed by atoms with Crippen molar-refractivity contribution in [2.45, 2.75) is 25.9 Å². The van der Waals surface area contributed by atoms with Crippen LogP contribution < -0.4 is 5.32 Å². The van der Waals surface area contributed by atoms with Crippen molar-refractivity contribution in [3.8, 4) is 0 Å². The number of hydrogen-bond acceptors (Lipinski definition) is 3. The van der Waals surface area contributed by atoms with E-state index in [1.54, 1.807) is 0 Å². The lowest BCUT2D eigenvalue weighted by atomic mass is 10.00. The highest BCUT2D eigenvalue weighted by Crippen LogP contribution is 2.22. The summed E-state index contributed by atoms with van der Waals surface area (Å²) in [7, 11) is 0. The molecule has 1 rings (SSSR count). The highest BCUT2D eigenvalue weighted by molar-refractivity contribution is 7.98. The van der Waals surface area contributed by atoms with E-state index in [9.17, 15) is 0 Å². The first-order valence-electron chi connectivity index (χ1n) is 5.19. The second kappa shape index (κ2) is 6.68. The SMILES string of the molecule is CCC1OCCC1CNCCSC. The van der Waals surface area contributed by atoms with Gasteiger partial charge in [-0.3, -0.25) is 0 Å². The summed E-state index contributed by atoms with van der Waals surface area (Å²) < 4.78 is 5.63. The number of nitrogens with one attached hydrogen (secondary N) is 1. The van der Waals surface area contributed by atoms with Gasteiger partial charge >= 0.3 is 0 Å². The molecule has 0 bridgehead atoms. The Hall–Kier alpha value is 0.270. The Morgan fingerprint density at radius 1 is 1.54 bits per heavy atom. The normalized spacial score (nSPS) is 28.2. The van der Waals surface area contributed by atoms with Gasteiger partial charge in [-0.15, -0.1) is 0 Å². The first-order chi connectivity index (χ1) is 6.38. The van der Waals surface area contributed by atoms with Gasteiger partial charge in [-0.2, -0.15) is 11.8 Å². The van der Waals surface area contributed by atoms with Crippen molar-refractivity contribution in [1.29, 1.82) is 0 Å². The van der Waals surface area contributed by atoms with E-state index in [-0.39, 0.29) is 0 Å². The summed E-state index contributed by atoms with van der Waals surface area (Å²) in [6, 6.07) is 0. The molecule has 0 amide bonds. The topological polar surface area (TPSA) is 21.3 Å². The molecule has 78 valence electrons. The van der Waals surface area contributed by atoms with Crippen molar-refractivity contribution >= 4 is 11.8 Å². The number of thioether (sulfide) groups is 1.